The summed E-state index contributed by atoms with van der Waals surface area (Å²) >= 11 is 11.3. The zero-order chi connectivity index (χ0) is 17.3. The van der Waals surface area contributed by atoms with Crippen LogP contribution in [0.2, 0.25) is 0 Å². The number of hydrogen-bond acceptors (Lipinski definition) is 3. The van der Waals surface area contributed by atoms with E-state index in [-0.39, 0.29) is 18.0 Å². The molecule has 126 valence electrons. The molecule has 1 aliphatic rings. The van der Waals surface area contributed by atoms with Crippen molar-refractivity contribution in [2.75, 3.05) is 6.54 Å². The Bertz CT molecular complexity index is 816. The highest BCUT2D eigenvalue weighted by Gasteiger charge is 2.27. The lowest BCUT2D eigenvalue weighted by molar-refractivity contribution is -0.130. The van der Waals surface area contributed by atoms with Gasteiger partial charge in [0.05, 0.1) is 17.8 Å². The number of nitrogens with zero attached hydrogens (tertiary/aromatic N) is 2. The first-order valence-electron chi connectivity index (χ1n) is 7.78. The van der Waals surface area contributed by atoms with Gasteiger partial charge in [-0.2, -0.15) is 0 Å². The molecule has 0 radical (unpaired) electrons. The van der Waals surface area contributed by atoms with Gasteiger partial charge in [0, 0.05) is 18.5 Å². The lowest BCUT2D eigenvalue weighted by Crippen LogP contribution is -2.41. The van der Waals surface area contributed by atoms with Crippen molar-refractivity contribution < 1.29 is 4.79 Å². The van der Waals surface area contributed by atoms with Gasteiger partial charge in [0.15, 0.2) is 4.84 Å². The van der Waals surface area contributed by atoms with Crippen LogP contribution in [-0.4, -0.2) is 32.2 Å². The molecule has 1 aromatic carbocycles. The van der Waals surface area contributed by atoms with Crippen molar-refractivity contribution in [1.82, 2.24) is 14.9 Å². The standard InChI is InChI=1S/C17H17Cl2N3O2/c1-2-10-3-5-11(6-4-10)15-20-13-7-8-22(17(24)14(18)19)9-12(13)16(23)21-15/h3-6,14H,2,7-9H2,1H3,(H,20,21,23). The molecule has 0 atom stereocenters. The second-order valence-corrected chi connectivity index (χ2v) is 6.80. The number of rotatable bonds is 3. The molecule has 1 amide bonds. The van der Waals surface area contributed by atoms with Crippen molar-refractivity contribution >= 4 is 29.1 Å². The number of nitrogens with one attached hydrogen (secondary N) is 1. The summed E-state index contributed by atoms with van der Waals surface area (Å²) in [6, 6.07) is 7.95. The first-order chi connectivity index (χ1) is 11.5. The van der Waals surface area contributed by atoms with Crippen LogP contribution in [-0.2, 0) is 24.2 Å². The van der Waals surface area contributed by atoms with Gasteiger partial charge in [-0.25, -0.2) is 4.98 Å². The Labute approximate surface area is 149 Å². The molecule has 0 saturated carbocycles. The molecule has 2 heterocycles. The lowest BCUT2D eigenvalue weighted by Gasteiger charge is -2.28. The maximum atomic E-state index is 12.4. The van der Waals surface area contributed by atoms with E-state index in [1.165, 1.54) is 10.5 Å². The third-order valence-corrected chi connectivity index (χ3v) is 4.58. The van der Waals surface area contributed by atoms with Gasteiger partial charge in [0.1, 0.15) is 5.82 Å². The molecule has 24 heavy (non-hydrogen) atoms. The summed E-state index contributed by atoms with van der Waals surface area (Å²) in [6.07, 6.45) is 1.46. The Morgan fingerprint density at radius 1 is 1.33 bits per heavy atom. The van der Waals surface area contributed by atoms with Crippen LogP contribution in [0.5, 0.6) is 0 Å². The number of amides is 1. The summed E-state index contributed by atoms with van der Waals surface area (Å²) < 4.78 is 0. The molecule has 2 aromatic rings. The number of carbonyl (C=O) groups excluding carboxylic acids is 1. The second-order valence-electron chi connectivity index (χ2n) is 5.70. The maximum Gasteiger partial charge on any atom is 0.256 e. The van der Waals surface area contributed by atoms with Gasteiger partial charge >= 0.3 is 0 Å². The average molecular weight is 366 g/mol. The molecule has 1 N–H and O–H groups in total. The Morgan fingerprint density at radius 2 is 2.04 bits per heavy atom. The summed E-state index contributed by atoms with van der Waals surface area (Å²) in [6.45, 7) is 2.72. The number of H-pyrrole nitrogens is 1. The Morgan fingerprint density at radius 3 is 2.67 bits per heavy atom. The van der Waals surface area contributed by atoms with Crippen LogP contribution in [0.15, 0.2) is 29.1 Å². The van der Waals surface area contributed by atoms with Crippen LogP contribution < -0.4 is 5.56 Å². The number of carbonyl (C=O) groups is 1. The van der Waals surface area contributed by atoms with Gasteiger partial charge in [0.25, 0.3) is 11.5 Å². The molecule has 0 unspecified atom stereocenters. The van der Waals surface area contributed by atoms with Gasteiger partial charge in [-0.3, -0.25) is 9.59 Å². The Hall–Kier alpha value is -1.85. The molecular weight excluding hydrogens is 349 g/mol. The van der Waals surface area contributed by atoms with E-state index in [0.29, 0.717) is 24.4 Å². The normalized spacial score (nSPS) is 13.9. The van der Waals surface area contributed by atoms with Crippen LogP contribution in [0.4, 0.5) is 0 Å². The largest absolute Gasteiger partial charge is 0.335 e. The molecule has 0 spiro atoms. The van der Waals surface area contributed by atoms with E-state index in [0.717, 1.165) is 17.7 Å². The van der Waals surface area contributed by atoms with E-state index >= 15 is 0 Å². The van der Waals surface area contributed by atoms with Crippen LogP contribution in [0.3, 0.4) is 0 Å². The number of benzene rings is 1. The Kier molecular flexibility index (Phi) is 4.92. The molecule has 0 fully saturated rings. The van der Waals surface area contributed by atoms with Crippen LogP contribution >= 0.6 is 23.2 Å². The number of aromatic amines is 1. The summed E-state index contributed by atoms with van der Waals surface area (Å²) in [5.41, 5.74) is 3.08. The zero-order valence-corrected chi connectivity index (χ0v) is 14.7. The van der Waals surface area contributed by atoms with Crippen molar-refractivity contribution in [3.63, 3.8) is 0 Å². The third-order valence-electron chi connectivity index (χ3n) is 4.20. The fraction of sp³-hybridized carbons (Fsp3) is 0.353. The van der Waals surface area contributed by atoms with E-state index in [9.17, 15) is 9.59 Å². The summed E-state index contributed by atoms with van der Waals surface area (Å²) in [7, 11) is 0. The van der Waals surface area contributed by atoms with Crippen molar-refractivity contribution in [1.29, 1.82) is 0 Å². The minimum Gasteiger partial charge on any atom is -0.335 e. The van der Waals surface area contributed by atoms with Crippen LogP contribution in [0.25, 0.3) is 11.4 Å². The zero-order valence-electron chi connectivity index (χ0n) is 13.2. The number of aryl methyl sites for hydroxylation is 1. The van der Waals surface area contributed by atoms with Crippen molar-refractivity contribution in [3.05, 3.63) is 51.4 Å². The molecule has 1 aliphatic heterocycles. The molecule has 1 aromatic heterocycles. The first-order valence-corrected chi connectivity index (χ1v) is 8.65. The quantitative estimate of drug-likeness (QED) is 0.850. The molecule has 0 bridgehead atoms. The van der Waals surface area contributed by atoms with E-state index in [1.807, 2.05) is 24.3 Å². The van der Waals surface area contributed by atoms with Crippen molar-refractivity contribution in [2.45, 2.75) is 31.1 Å². The van der Waals surface area contributed by atoms with Crippen molar-refractivity contribution in [2.24, 2.45) is 0 Å². The SMILES string of the molecule is CCc1ccc(-c2nc3c(c(=O)[nH]2)CN(C(=O)C(Cl)Cl)CC3)cc1. The molecule has 7 heteroatoms. The predicted molar refractivity (Wildman–Crippen MR) is 94.3 cm³/mol. The first kappa shape index (κ1) is 17.0. The van der Waals surface area contributed by atoms with Crippen LogP contribution in [0.1, 0.15) is 23.7 Å². The topological polar surface area (TPSA) is 66.1 Å². The predicted octanol–water partition coefficient (Wildman–Crippen LogP) is 2.69. The fourth-order valence-electron chi connectivity index (χ4n) is 2.79. The summed E-state index contributed by atoms with van der Waals surface area (Å²) in [4.78, 5) is 32.1. The average Bonchev–Trinajstić information content (AvgIpc) is 2.60. The van der Waals surface area contributed by atoms with Gasteiger partial charge in [-0.15, -0.1) is 0 Å². The monoisotopic (exact) mass is 365 g/mol. The van der Waals surface area contributed by atoms with E-state index in [2.05, 4.69) is 16.9 Å². The fourth-order valence-corrected chi connectivity index (χ4v) is 3.06. The number of aromatic nitrogens is 2. The highest BCUT2D eigenvalue weighted by atomic mass is 35.5. The van der Waals surface area contributed by atoms with Gasteiger partial charge in [0.2, 0.25) is 0 Å². The lowest BCUT2D eigenvalue weighted by atomic mass is 10.1. The van der Waals surface area contributed by atoms with E-state index in [4.69, 9.17) is 23.2 Å². The summed E-state index contributed by atoms with van der Waals surface area (Å²) in [5, 5.41) is 0. The molecule has 3 rings (SSSR count). The third kappa shape index (κ3) is 3.32. The van der Waals surface area contributed by atoms with Crippen molar-refractivity contribution in [3.8, 4) is 11.4 Å². The number of hydrogen-bond donors (Lipinski definition) is 1. The van der Waals surface area contributed by atoms with Gasteiger partial charge < -0.3 is 9.88 Å². The Balaban J connectivity index is 1.92. The maximum absolute atomic E-state index is 12.4. The minimum atomic E-state index is -1.12. The highest BCUT2D eigenvalue weighted by molar-refractivity contribution is 6.53. The molecule has 5 nitrogen and oxygen atoms in total. The summed E-state index contributed by atoms with van der Waals surface area (Å²) in [5.74, 6) is 0.163. The number of halogens is 2. The number of alkyl halides is 2. The minimum absolute atomic E-state index is 0.182. The molecule has 0 saturated heterocycles. The molecule has 0 aliphatic carbocycles. The van der Waals surface area contributed by atoms with E-state index in [1.54, 1.807) is 0 Å². The number of fused-ring (bicyclic) bond motifs is 1. The highest BCUT2D eigenvalue weighted by Crippen LogP contribution is 2.20. The molecular formula is C17H17Cl2N3O2. The van der Waals surface area contributed by atoms with Gasteiger partial charge in [-0.1, -0.05) is 54.4 Å². The smallest absolute Gasteiger partial charge is 0.256 e. The van der Waals surface area contributed by atoms with Gasteiger partial charge in [-0.05, 0) is 12.0 Å². The van der Waals surface area contributed by atoms with Crippen LogP contribution in [0, 0.1) is 0 Å². The van der Waals surface area contributed by atoms with E-state index < -0.39 is 4.84 Å². The second kappa shape index (κ2) is 6.95.